The van der Waals surface area contributed by atoms with E-state index in [0.29, 0.717) is 6.42 Å². The molecule has 0 rings (SSSR count). The molecule has 7 heteroatoms. The molecule has 13 heavy (non-hydrogen) atoms. The molecule has 0 aliphatic carbocycles. The second kappa shape index (κ2) is 6.41. The van der Waals surface area contributed by atoms with E-state index in [2.05, 4.69) is 0 Å². The first kappa shape index (κ1) is 14.4. The lowest BCUT2D eigenvalue weighted by molar-refractivity contribution is -0.192. The highest BCUT2D eigenvalue weighted by Crippen LogP contribution is 2.13. The van der Waals surface area contributed by atoms with Crippen molar-refractivity contribution in [2.75, 3.05) is 6.54 Å². The lowest BCUT2D eigenvalue weighted by atomic mass is 10.3. The molecule has 0 aliphatic heterocycles. The maximum atomic E-state index is 10.6. The number of rotatable bonds is 2. The third-order valence-electron chi connectivity index (χ3n) is 0.865. The van der Waals surface area contributed by atoms with Crippen LogP contribution in [0, 0.1) is 0 Å². The van der Waals surface area contributed by atoms with Gasteiger partial charge >= 0.3 is 12.1 Å². The Kier molecular flexibility index (Phi) is 7.11. The van der Waals surface area contributed by atoms with Gasteiger partial charge in [0.2, 0.25) is 0 Å². The Bertz CT molecular complexity index is 172. The summed E-state index contributed by atoms with van der Waals surface area (Å²) in [6.07, 6.45) is -4.52. The normalized spacial score (nSPS) is 9.92. The van der Waals surface area contributed by atoms with Gasteiger partial charge in [0.25, 0.3) is 0 Å². The fraction of sp³-hybridized carbons (Fsp3) is 0.667. The van der Waals surface area contributed by atoms with E-state index in [9.17, 15) is 18.0 Å². The molecule has 0 bridgehead atoms. The van der Waals surface area contributed by atoms with Crippen molar-refractivity contribution in [3.8, 4) is 0 Å². The van der Waals surface area contributed by atoms with Gasteiger partial charge in [-0.2, -0.15) is 13.2 Å². The largest absolute Gasteiger partial charge is 0.490 e. The smallest absolute Gasteiger partial charge is 0.475 e. The van der Waals surface area contributed by atoms with Gasteiger partial charge in [0.15, 0.2) is 0 Å². The first-order chi connectivity index (χ1) is 5.75. The Morgan fingerprint density at radius 1 is 1.38 bits per heavy atom. The molecule has 0 saturated heterocycles. The van der Waals surface area contributed by atoms with Gasteiger partial charge in [0.05, 0.1) is 6.54 Å². The van der Waals surface area contributed by atoms with E-state index in [4.69, 9.17) is 15.6 Å². The standard InChI is InChI=1S/C4H9NO.C2HF3O2/c1-2-4(6)3-5;3-2(4,5)1(6)7/h2-3,5H2,1H3;(H,6,7). The molecule has 0 saturated carbocycles. The predicted octanol–water partition coefficient (Wildman–Crippen LogP) is 0.557. The molecule has 0 aromatic heterocycles. The highest BCUT2D eigenvalue weighted by Gasteiger charge is 2.38. The van der Waals surface area contributed by atoms with Gasteiger partial charge in [0.1, 0.15) is 5.78 Å². The lowest BCUT2D eigenvalue weighted by Crippen LogP contribution is -2.21. The number of nitrogens with two attached hydrogens (primary N) is 1. The van der Waals surface area contributed by atoms with Crippen LogP contribution in [0.4, 0.5) is 13.2 Å². The van der Waals surface area contributed by atoms with Crippen LogP contribution in [0.5, 0.6) is 0 Å². The maximum Gasteiger partial charge on any atom is 0.490 e. The Morgan fingerprint density at radius 2 is 1.69 bits per heavy atom. The van der Waals surface area contributed by atoms with E-state index >= 15 is 0 Å². The minimum atomic E-state index is -5.08. The molecule has 0 aromatic carbocycles. The molecule has 0 fully saturated rings. The number of carbonyl (C=O) groups is 2. The van der Waals surface area contributed by atoms with E-state index in [1.165, 1.54) is 0 Å². The second-order valence-corrected chi connectivity index (χ2v) is 1.90. The minimum Gasteiger partial charge on any atom is -0.475 e. The van der Waals surface area contributed by atoms with Crippen LogP contribution in [-0.4, -0.2) is 29.6 Å². The van der Waals surface area contributed by atoms with Gasteiger partial charge in [-0.1, -0.05) is 6.92 Å². The number of aliphatic carboxylic acids is 1. The third kappa shape index (κ3) is 10.9. The van der Waals surface area contributed by atoms with Crippen molar-refractivity contribution >= 4 is 11.8 Å². The molecular weight excluding hydrogens is 191 g/mol. The number of hydrogen-bond acceptors (Lipinski definition) is 3. The molecule has 4 nitrogen and oxygen atoms in total. The molecule has 0 aromatic rings. The summed E-state index contributed by atoms with van der Waals surface area (Å²) in [5.74, 6) is -2.64. The third-order valence-corrected chi connectivity index (χ3v) is 0.865. The Labute approximate surface area is 72.5 Å². The van der Waals surface area contributed by atoms with Crippen LogP contribution < -0.4 is 5.73 Å². The molecule has 0 spiro atoms. The second-order valence-electron chi connectivity index (χ2n) is 1.90. The summed E-state index contributed by atoms with van der Waals surface area (Å²) >= 11 is 0. The number of Topliss-reactive ketones (excluding diaryl/α,β-unsaturated/α-hetero) is 1. The summed E-state index contributed by atoms with van der Waals surface area (Å²) in [4.78, 5) is 19.0. The Morgan fingerprint density at radius 3 is 1.69 bits per heavy atom. The molecule has 0 atom stereocenters. The van der Waals surface area contributed by atoms with Crippen molar-refractivity contribution < 1.29 is 27.9 Å². The summed E-state index contributed by atoms with van der Waals surface area (Å²) in [7, 11) is 0. The fourth-order valence-electron chi connectivity index (χ4n) is 0.144. The van der Waals surface area contributed by atoms with Crippen molar-refractivity contribution in [1.29, 1.82) is 0 Å². The van der Waals surface area contributed by atoms with Gasteiger partial charge < -0.3 is 10.8 Å². The highest BCUT2D eigenvalue weighted by atomic mass is 19.4. The van der Waals surface area contributed by atoms with Crippen LogP contribution in [0.1, 0.15) is 13.3 Å². The average molecular weight is 201 g/mol. The molecule has 0 heterocycles. The highest BCUT2D eigenvalue weighted by molar-refractivity contribution is 5.79. The van der Waals surface area contributed by atoms with Crippen LogP contribution >= 0.6 is 0 Å². The van der Waals surface area contributed by atoms with Gasteiger partial charge in [-0.15, -0.1) is 0 Å². The fourth-order valence-corrected chi connectivity index (χ4v) is 0.144. The van der Waals surface area contributed by atoms with E-state index in [1.807, 2.05) is 0 Å². The molecule has 78 valence electrons. The molecule has 0 amide bonds. The topological polar surface area (TPSA) is 80.4 Å². The molecular formula is C6H10F3NO3. The van der Waals surface area contributed by atoms with Crippen LogP contribution in [-0.2, 0) is 9.59 Å². The zero-order chi connectivity index (χ0) is 11.1. The predicted molar refractivity (Wildman–Crippen MR) is 38.0 cm³/mol. The zero-order valence-electron chi connectivity index (χ0n) is 6.89. The SMILES string of the molecule is CCC(=O)CN.O=C(O)C(F)(F)F. The molecule has 0 unspecified atom stereocenters. The zero-order valence-corrected chi connectivity index (χ0v) is 6.89. The van der Waals surface area contributed by atoms with E-state index in [0.717, 1.165) is 0 Å². The van der Waals surface area contributed by atoms with Gasteiger partial charge in [-0.25, -0.2) is 4.79 Å². The van der Waals surface area contributed by atoms with E-state index < -0.39 is 12.1 Å². The van der Waals surface area contributed by atoms with Crippen LogP contribution in [0.25, 0.3) is 0 Å². The minimum absolute atomic E-state index is 0.120. The van der Waals surface area contributed by atoms with Crippen LogP contribution in [0.15, 0.2) is 0 Å². The Hall–Kier alpha value is -1.11. The number of hydrogen-bond donors (Lipinski definition) is 2. The monoisotopic (exact) mass is 201 g/mol. The molecule has 3 N–H and O–H groups in total. The number of alkyl halides is 3. The number of carboxylic acids is 1. The van der Waals surface area contributed by atoms with E-state index in [1.54, 1.807) is 6.92 Å². The molecule has 0 radical (unpaired) electrons. The summed E-state index contributed by atoms with van der Waals surface area (Å²) < 4.78 is 31.7. The van der Waals surface area contributed by atoms with Crippen LogP contribution in [0.3, 0.4) is 0 Å². The first-order valence-corrected chi connectivity index (χ1v) is 3.27. The summed E-state index contributed by atoms with van der Waals surface area (Å²) in [6.45, 7) is 1.99. The van der Waals surface area contributed by atoms with Crippen molar-refractivity contribution in [2.45, 2.75) is 19.5 Å². The van der Waals surface area contributed by atoms with Gasteiger partial charge in [-0.3, -0.25) is 4.79 Å². The van der Waals surface area contributed by atoms with Crippen molar-refractivity contribution in [3.63, 3.8) is 0 Å². The first-order valence-electron chi connectivity index (χ1n) is 3.27. The summed E-state index contributed by atoms with van der Waals surface area (Å²) in [5.41, 5.74) is 4.93. The summed E-state index contributed by atoms with van der Waals surface area (Å²) in [6, 6.07) is 0. The van der Waals surface area contributed by atoms with Gasteiger partial charge in [-0.05, 0) is 0 Å². The number of carboxylic acid groups (broad SMARTS) is 1. The average Bonchev–Trinajstić information content (AvgIpc) is 2.02. The van der Waals surface area contributed by atoms with E-state index in [-0.39, 0.29) is 12.3 Å². The number of halogens is 3. The van der Waals surface area contributed by atoms with Crippen LogP contribution in [0.2, 0.25) is 0 Å². The van der Waals surface area contributed by atoms with Crippen molar-refractivity contribution in [3.05, 3.63) is 0 Å². The van der Waals surface area contributed by atoms with Crippen molar-refractivity contribution in [1.82, 2.24) is 0 Å². The van der Waals surface area contributed by atoms with Gasteiger partial charge in [0, 0.05) is 6.42 Å². The lowest BCUT2D eigenvalue weighted by Gasteiger charge is -1.93. The summed E-state index contributed by atoms with van der Waals surface area (Å²) in [5, 5.41) is 7.12. The van der Waals surface area contributed by atoms with Crippen molar-refractivity contribution in [2.24, 2.45) is 5.73 Å². The number of carbonyl (C=O) groups excluding carboxylic acids is 1. The Balaban J connectivity index is 0. The quantitative estimate of drug-likeness (QED) is 0.683. The molecule has 0 aliphatic rings. The number of ketones is 1. The maximum absolute atomic E-state index is 10.6.